The Hall–Kier alpha value is -4.53. The van der Waals surface area contributed by atoms with E-state index in [9.17, 15) is 22.8 Å². The normalized spacial score (nSPS) is 20.0. The molecule has 1 aromatic carbocycles. The van der Waals surface area contributed by atoms with Crippen molar-refractivity contribution in [2.75, 3.05) is 36.4 Å². The Bertz CT molecular complexity index is 1470. The summed E-state index contributed by atoms with van der Waals surface area (Å²) in [4.78, 5) is 37.6. The number of amides is 1. The first-order valence-electron chi connectivity index (χ1n) is 11.5. The van der Waals surface area contributed by atoms with E-state index >= 15 is 0 Å². The fraction of sp³-hybridized carbons (Fsp3) is 0.304. The van der Waals surface area contributed by atoms with Gasteiger partial charge in [-0.1, -0.05) is 6.07 Å². The number of ether oxygens (including phenoxy) is 1. The molecule has 2 aliphatic heterocycles. The molecule has 200 valence electrons. The van der Waals surface area contributed by atoms with Crippen molar-refractivity contribution in [3.05, 3.63) is 64.4 Å². The highest BCUT2D eigenvalue weighted by Gasteiger charge is 2.37. The number of fused-ring (bicyclic) bond motifs is 1. The van der Waals surface area contributed by atoms with Crippen LogP contribution in [-0.4, -0.2) is 59.5 Å². The number of hydrogen-bond donors (Lipinski definition) is 4. The summed E-state index contributed by atoms with van der Waals surface area (Å²) in [5, 5.41) is 6.17. The number of nitrogens with two attached hydrogens (primary N) is 1. The number of guanidine groups is 1. The van der Waals surface area contributed by atoms with E-state index in [0.717, 1.165) is 10.5 Å². The number of anilines is 2. The maximum atomic E-state index is 12.3. The molecular formula is C23H23F3N8O4. The molecule has 5 rings (SSSR count). The van der Waals surface area contributed by atoms with Crippen LogP contribution in [0.4, 0.5) is 29.5 Å². The summed E-state index contributed by atoms with van der Waals surface area (Å²) in [5.74, 6) is 0.405. The average molecular weight is 532 g/mol. The molecule has 1 amide bonds. The lowest BCUT2D eigenvalue weighted by Crippen LogP contribution is -2.50. The van der Waals surface area contributed by atoms with Gasteiger partial charge >= 0.3 is 18.2 Å². The number of nitrogens with zero attached hydrogens (tertiary/aromatic N) is 4. The summed E-state index contributed by atoms with van der Waals surface area (Å²) in [6.07, 6.45) is -3.12. The largest absolute Gasteiger partial charge is 0.576 e. The van der Waals surface area contributed by atoms with Crippen molar-refractivity contribution in [3.63, 3.8) is 0 Å². The van der Waals surface area contributed by atoms with Crippen LogP contribution in [0.1, 0.15) is 12.5 Å². The fourth-order valence-electron chi connectivity index (χ4n) is 4.19. The molecule has 0 saturated carbocycles. The molecule has 0 aliphatic carbocycles. The fourth-order valence-corrected chi connectivity index (χ4v) is 4.19. The number of rotatable bonds is 3. The second kappa shape index (κ2) is 9.41. The van der Waals surface area contributed by atoms with Gasteiger partial charge in [0.25, 0.3) is 0 Å². The minimum absolute atomic E-state index is 0.0695. The third kappa shape index (κ3) is 5.13. The van der Waals surface area contributed by atoms with Crippen LogP contribution >= 0.6 is 0 Å². The van der Waals surface area contributed by atoms with Gasteiger partial charge in [-0.2, -0.15) is 0 Å². The molecule has 5 N–H and O–H groups in total. The first kappa shape index (κ1) is 25.1. The first-order valence-corrected chi connectivity index (χ1v) is 11.5. The lowest BCUT2D eigenvalue weighted by atomic mass is 9.93. The van der Waals surface area contributed by atoms with Crippen LogP contribution in [0.25, 0.3) is 11.1 Å². The highest BCUT2D eigenvalue weighted by atomic mass is 19.4. The monoisotopic (exact) mass is 532 g/mol. The Morgan fingerprint density at radius 2 is 1.97 bits per heavy atom. The van der Waals surface area contributed by atoms with E-state index in [2.05, 4.69) is 30.3 Å². The molecule has 2 aliphatic rings. The summed E-state index contributed by atoms with van der Waals surface area (Å²) in [7, 11) is 0. The minimum Gasteiger partial charge on any atom is -0.408 e. The van der Waals surface area contributed by atoms with Crippen LogP contribution in [-0.2, 0) is 10.4 Å². The van der Waals surface area contributed by atoms with Crippen molar-refractivity contribution in [1.82, 2.24) is 20.2 Å². The molecule has 3 aromatic rings. The quantitative estimate of drug-likeness (QED) is 0.398. The number of aromatic nitrogens is 2. The number of halogens is 3. The van der Waals surface area contributed by atoms with Gasteiger partial charge in [0.05, 0.1) is 17.4 Å². The minimum atomic E-state index is -5.01. The van der Waals surface area contributed by atoms with Crippen LogP contribution in [0.5, 0.6) is 0 Å². The zero-order chi connectivity index (χ0) is 27.1. The molecule has 0 spiro atoms. The van der Waals surface area contributed by atoms with Crippen molar-refractivity contribution in [2.24, 2.45) is 10.7 Å². The van der Waals surface area contributed by atoms with Gasteiger partial charge in [-0.3, -0.25) is 10.7 Å². The predicted molar refractivity (Wildman–Crippen MR) is 131 cm³/mol. The number of alkyl halides is 3. The number of oxazole rings is 1. The lowest BCUT2D eigenvalue weighted by Gasteiger charge is -2.34. The first-order chi connectivity index (χ1) is 18.0. The second-order valence-electron chi connectivity index (χ2n) is 8.74. The molecule has 12 nitrogen and oxygen atoms in total. The van der Waals surface area contributed by atoms with Gasteiger partial charge in [-0.15, -0.1) is 13.2 Å². The molecular weight excluding hydrogens is 509 g/mol. The SMILES string of the molecule is CC1=CNC(Nc2ccc(N3CCN(C(=O)OC(F)(F)F)CC3)nc2)=NC1(N)c1ccc2oc(=O)[nH]c2c1. The van der Waals surface area contributed by atoms with Crippen molar-refractivity contribution < 1.29 is 27.1 Å². The maximum Gasteiger partial charge on any atom is 0.576 e. The summed E-state index contributed by atoms with van der Waals surface area (Å²) in [6.45, 7) is 2.56. The number of aromatic amines is 1. The van der Waals surface area contributed by atoms with E-state index in [1.54, 1.807) is 42.7 Å². The highest BCUT2D eigenvalue weighted by molar-refractivity contribution is 5.95. The van der Waals surface area contributed by atoms with Gasteiger partial charge in [0.1, 0.15) is 5.82 Å². The summed E-state index contributed by atoms with van der Waals surface area (Å²) >= 11 is 0. The average Bonchev–Trinajstić information content (AvgIpc) is 3.25. The van der Waals surface area contributed by atoms with Crippen LogP contribution in [0.15, 0.2) is 62.5 Å². The van der Waals surface area contributed by atoms with Crippen molar-refractivity contribution in [2.45, 2.75) is 18.9 Å². The molecule has 1 saturated heterocycles. The molecule has 15 heteroatoms. The third-order valence-electron chi connectivity index (χ3n) is 6.25. The van der Waals surface area contributed by atoms with E-state index in [0.29, 0.717) is 47.2 Å². The second-order valence-corrected chi connectivity index (χ2v) is 8.74. The molecule has 0 bridgehead atoms. The Kier molecular flexibility index (Phi) is 6.22. The molecule has 0 radical (unpaired) electrons. The van der Waals surface area contributed by atoms with Gasteiger partial charge in [0.2, 0.25) is 5.96 Å². The van der Waals surface area contributed by atoms with Crippen LogP contribution in [0.2, 0.25) is 0 Å². The van der Waals surface area contributed by atoms with Gasteiger partial charge in [-0.05, 0) is 36.8 Å². The van der Waals surface area contributed by atoms with Crippen molar-refractivity contribution in [1.29, 1.82) is 0 Å². The summed E-state index contributed by atoms with van der Waals surface area (Å²) in [5.41, 5.74) is 8.37. The van der Waals surface area contributed by atoms with Crippen molar-refractivity contribution >= 4 is 34.7 Å². The number of nitrogens with one attached hydrogen (secondary N) is 3. The number of benzene rings is 1. The number of piperazine rings is 1. The van der Waals surface area contributed by atoms with Gasteiger partial charge in [-0.25, -0.2) is 19.6 Å². The molecule has 1 unspecified atom stereocenters. The molecule has 4 heterocycles. The van der Waals surface area contributed by atoms with E-state index in [-0.39, 0.29) is 13.1 Å². The van der Waals surface area contributed by atoms with Gasteiger partial charge in [0, 0.05) is 37.9 Å². The zero-order valence-corrected chi connectivity index (χ0v) is 20.0. The Labute approximate surface area is 213 Å². The Morgan fingerprint density at radius 3 is 2.66 bits per heavy atom. The molecule has 38 heavy (non-hydrogen) atoms. The maximum absolute atomic E-state index is 12.3. The summed E-state index contributed by atoms with van der Waals surface area (Å²) < 4.78 is 45.4. The third-order valence-corrected chi connectivity index (χ3v) is 6.25. The van der Waals surface area contributed by atoms with E-state index < -0.39 is 23.9 Å². The van der Waals surface area contributed by atoms with Crippen LogP contribution < -0.4 is 27.0 Å². The highest BCUT2D eigenvalue weighted by Crippen LogP contribution is 2.31. The molecule has 1 fully saturated rings. The van der Waals surface area contributed by atoms with Crippen LogP contribution in [0.3, 0.4) is 0 Å². The number of aliphatic imine (C=N–C) groups is 1. The van der Waals surface area contributed by atoms with Gasteiger partial charge < -0.3 is 29.6 Å². The Morgan fingerprint density at radius 1 is 1.21 bits per heavy atom. The number of hydrogen-bond acceptors (Lipinski definition) is 10. The topological polar surface area (TPSA) is 154 Å². The predicted octanol–water partition coefficient (Wildman–Crippen LogP) is 2.38. The number of carbonyl (C=O) groups is 1. The van der Waals surface area contributed by atoms with E-state index in [1.165, 1.54) is 0 Å². The zero-order valence-electron chi connectivity index (χ0n) is 20.0. The standard InChI is InChI=1S/C23H23F3N8O4/c1-13-11-29-19(32-22(13,27)14-2-4-17-16(10-14)31-20(35)37-17)30-15-3-5-18(28-12-15)33-6-8-34(9-7-33)21(36)38-23(24,25)26/h2-5,10-12H,6-9,27H2,1H3,(H,31,35)(H2,29,30,32). The lowest BCUT2D eigenvalue weighted by molar-refractivity contribution is -0.294. The van der Waals surface area contributed by atoms with E-state index in [4.69, 9.17) is 10.2 Å². The van der Waals surface area contributed by atoms with Crippen LogP contribution in [0, 0.1) is 0 Å². The molecule has 1 atom stereocenters. The summed E-state index contributed by atoms with van der Waals surface area (Å²) in [6, 6.07) is 8.61. The van der Waals surface area contributed by atoms with Gasteiger partial charge in [0.15, 0.2) is 11.2 Å². The number of pyridine rings is 1. The number of H-pyrrole nitrogens is 1. The molecule has 2 aromatic heterocycles. The smallest absolute Gasteiger partial charge is 0.408 e. The van der Waals surface area contributed by atoms with E-state index in [1.807, 2.05) is 11.8 Å². The van der Waals surface area contributed by atoms with Crippen molar-refractivity contribution in [3.8, 4) is 0 Å². The number of carbonyl (C=O) groups excluding carboxylic acids is 1. The Balaban J connectivity index is 1.25.